The summed E-state index contributed by atoms with van der Waals surface area (Å²) in [7, 11) is -0.187. The van der Waals surface area contributed by atoms with Crippen LogP contribution in [0.1, 0.15) is 20.8 Å². The second-order valence-corrected chi connectivity index (χ2v) is 12.4. The molecule has 0 unspecified atom stereocenters. The van der Waals surface area contributed by atoms with Crippen molar-refractivity contribution in [2.24, 2.45) is 0 Å². The summed E-state index contributed by atoms with van der Waals surface area (Å²) in [5, 5.41) is 0.169. The Balaban J connectivity index is 1.91. The molecule has 0 saturated carbocycles. The number of hydrogen-bond acceptors (Lipinski definition) is 7. The van der Waals surface area contributed by atoms with Crippen LogP contribution in [0.15, 0.2) is 36.8 Å². The number of para-hydroxylation sites is 2. The zero-order valence-corrected chi connectivity index (χ0v) is 17.9. The molecule has 2 rings (SSSR count). The number of methoxy groups -OCH3 is 1. The maximum absolute atomic E-state index is 6.08. The zero-order chi connectivity index (χ0) is 19.9. The molecule has 0 aliphatic rings. The van der Waals surface area contributed by atoms with Gasteiger partial charge in [-0.2, -0.15) is 0 Å². The van der Waals surface area contributed by atoms with E-state index in [9.17, 15) is 0 Å². The number of hydrogen-bond donors (Lipinski definition) is 1. The highest BCUT2D eigenvalue weighted by Crippen LogP contribution is 2.36. The first kappa shape index (κ1) is 21.1. The second kappa shape index (κ2) is 9.16. The highest BCUT2D eigenvalue weighted by molar-refractivity contribution is 6.74. The molecule has 0 bridgehead atoms. The smallest absolute Gasteiger partial charge is 0.196 e. The molecule has 148 valence electrons. The first-order chi connectivity index (χ1) is 12.7. The van der Waals surface area contributed by atoms with E-state index in [1.165, 1.54) is 6.33 Å². The molecular weight excluding hydrogens is 362 g/mol. The Morgan fingerprint density at radius 2 is 1.74 bits per heavy atom. The van der Waals surface area contributed by atoms with Gasteiger partial charge in [-0.1, -0.05) is 32.9 Å². The number of aromatic nitrogens is 2. The first-order valence-corrected chi connectivity index (χ1v) is 11.8. The van der Waals surface area contributed by atoms with Crippen LogP contribution in [0.5, 0.6) is 17.2 Å². The molecule has 1 N–H and O–H groups in total. The van der Waals surface area contributed by atoms with Crippen LogP contribution in [-0.2, 0) is 9.26 Å². The van der Waals surface area contributed by atoms with Crippen LogP contribution in [0.25, 0.3) is 0 Å². The maximum Gasteiger partial charge on any atom is 0.196 e. The number of nitrogens with zero attached hydrogens (tertiary/aromatic N) is 2. The molecule has 1 aromatic carbocycles. The molecule has 1 aromatic heterocycles. The van der Waals surface area contributed by atoms with Gasteiger partial charge in [-0.25, -0.2) is 15.4 Å². The third-order valence-electron chi connectivity index (χ3n) is 4.59. The Bertz CT molecular complexity index is 735. The van der Waals surface area contributed by atoms with Crippen molar-refractivity contribution in [2.75, 3.05) is 25.8 Å². The molecule has 0 aliphatic carbocycles. The summed E-state index contributed by atoms with van der Waals surface area (Å²) in [6.07, 6.45) is 2.99. The van der Waals surface area contributed by atoms with Gasteiger partial charge < -0.3 is 13.9 Å². The lowest BCUT2D eigenvalue weighted by atomic mass is 10.2. The van der Waals surface area contributed by atoms with Crippen molar-refractivity contribution in [2.45, 2.75) is 38.9 Å². The van der Waals surface area contributed by atoms with E-state index < -0.39 is 8.32 Å². The Hall–Kier alpha value is -2.16. The van der Waals surface area contributed by atoms with Crippen LogP contribution in [0, 0.1) is 0 Å². The predicted molar refractivity (Wildman–Crippen MR) is 108 cm³/mol. The van der Waals surface area contributed by atoms with E-state index in [-0.39, 0.29) is 5.04 Å². The summed E-state index contributed by atoms with van der Waals surface area (Å²) in [6.45, 7) is 12.0. The fourth-order valence-electron chi connectivity index (χ4n) is 1.96. The minimum absolute atomic E-state index is 0.169. The largest absolute Gasteiger partial charge is 0.493 e. The van der Waals surface area contributed by atoms with Crippen molar-refractivity contribution in [1.82, 2.24) is 9.97 Å². The molecule has 0 amide bonds. The van der Waals surface area contributed by atoms with E-state index >= 15 is 0 Å². The van der Waals surface area contributed by atoms with Gasteiger partial charge in [0.25, 0.3) is 0 Å². The Morgan fingerprint density at radius 1 is 1.04 bits per heavy atom. The molecule has 0 radical (unpaired) electrons. The van der Waals surface area contributed by atoms with Gasteiger partial charge in [-0.3, -0.25) is 4.84 Å². The van der Waals surface area contributed by atoms with Crippen LogP contribution in [0.4, 0.5) is 5.82 Å². The number of anilines is 1. The fourth-order valence-corrected chi connectivity index (χ4v) is 2.99. The molecule has 0 aliphatic heterocycles. The molecule has 2 aromatic rings. The van der Waals surface area contributed by atoms with Gasteiger partial charge in [-0.05, 0) is 30.3 Å². The predicted octanol–water partition coefficient (Wildman–Crippen LogP) is 4.64. The first-order valence-electron chi connectivity index (χ1n) is 8.87. The van der Waals surface area contributed by atoms with Crippen molar-refractivity contribution in [1.29, 1.82) is 0 Å². The number of rotatable bonds is 9. The molecule has 7 nitrogen and oxygen atoms in total. The molecule has 27 heavy (non-hydrogen) atoms. The molecule has 0 spiro atoms. The Morgan fingerprint density at radius 3 is 2.41 bits per heavy atom. The average Bonchev–Trinajstić information content (AvgIpc) is 2.62. The van der Waals surface area contributed by atoms with Gasteiger partial charge in [0.1, 0.15) is 6.33 Å². The van der Waals surface area contributed by atoms with E-state index in [1.807, 2.05) is 24.3 Å². The average molecular weight is 392 g/mol. The van der Waals surface area contributed by atoms with Gasteiger partial charge in [-0.15, -0.1) is 0 Å². The minimum atomic E-state index is -1.78. The third kappa shape index (κ3) is 5.91. The van der Waals surface area contributed by atoms with Crippen LogP contribution < -0.4 is 15.0 Å². The minimum Gasteiger partial charge on any atom is -0.493 e. The van der Waals surface area contributed by atoms with Crippen LogP contribution in [-0.4, -0.2) is 38.6 Å². The van der Waals surface area contributed by atoms with E-state index in [0.29, 0.717) is 36.3 Å². The van der Waals surface area contributed by atoms with E-state index in [4.69, 9.17) is 18.7 Å². The monoisotopic (exact) mass is 391 g/mol. The van der Waals surface area contributed by atoms with E-state index in [2.05, 4.69) is 49.3 Å². The number of nitrogens with one attached hydrogen (secondary N) is 1. The second-order valence-electron chi connectivity index (χ2n) is 7.55. The Kier molecular flexibility index (Phi) is 7.17. The van der Waals surface area contributed by atoms with Crippen molar-refractivity contribution in [3.05, 3.63) is 36.8 Å². The lowest BCUT2D eigenvalue weighted by molar-refractivity contribution is 0.135. The van der Waals surface area contributed by atoms with E-state index in [0.717, 1.165) is 0 Å². The topological polar surface area (TPSA) is 74.7 Å². The summed E-state index contributed by atoms with van der Waals surface area (Å²) in [5.41, 5.74) is 2.81. The van der Waals surface area contributed by atoms with Crippen LogP contribution >= 0.6 is 0 Å². The number of ether oxygens (including phenoxy) is 2. The molecule has 0 atom stereocenters. The highest BCUT2D eigenvalue weighted by Gasteiger charge is 2.36. The van der Waals surface area contributed by atoms with Gasteiger partial charge in [0, 0.05) is 0 Å². The zero-order valence-electron chi connectivity index (χ0n) is 16.9. The van der Waals surface area contributed by atoms with E-state index in [1.54, 1.807) is 13.3 Å². The van der Waals surface area contributed by atoms with Crippen molar-refractivity contribution in [3.63, 3.8) is 0 Å². The summed E-state index contributed by atoms with van der Waals surface area (Å²) in [5.74, 6) is 2.06. The lowest BCUT2D eigenvalue weighted by Gasteiger charge is -2.36. The molecular formula is C19H29N3O4Si. The van der Waals surface area contributed by atoms with Crippen LogP contribution in [0.3, 0.4) is 0 Å². The Labute approximate surface area is 162 Å². The molecule has 0 saturated heterocycles. The quantitative estimate of drug-likeness (QED) is 0.379. The van der Waals surface area contributed by atoms with Gasteiger partial charge in [0.05, 0.1) is 26.5 Å². The lowest BCUT2D eigenvalue weighted by Crippen LogP contribution is -2.41. The summed E-state index contributed by atoms with van der Waals surface area (Å²) >= 11 is 0. The van der Waals surface area contributed by atoms with Gasteiger partial charge in [0.2, 0.25) is 0 Å². The standard InChI is InChI=1S/C19H29N3O4Si/c1-19(2,3)27(5,6)25-12-11-24-22-18-17(13-20-14-21-18)26-16-10-8-7-9-15(16)23-4/h7-10,13-14H,11-12H2,1-6H3,(H,20,21,22). The maximum atomic E-state index is 6.08. The normalized spacial score (nSPS) is 11.9. The number of benzene rings is 1. The van der Waals surface area contributed by atoms with Crippen LogP contribution in [0.2, 0.25) is 18.1 Å². The SMILES string of the molecule is COc1ccccc1Oc1cncnc1NOCCO[Si](C)(C)C(C)(C)C. The fraction of sp³-hybridized carbons (Fsp3) is 0.474. The van der Waals surface area contributed by atoms with Crippen molar-refractivity contribution in [3.8, 4) is 17.2 Å². The van der Waals surface area contributed by atoms with Crippen molar-refractivity contribution >= 4 is 14.1 Å². The molecule has 0 fully saturated rings. The van der Waals surface area contributed by atoms with Crippen molar-refractivity contribution < 1.29 is 18.7 Å². The van der Waals surface area contributed by atoms with Gasteiger partial charge >= 0.3 is 0 Å². The van der Waals surface area contributed by atoms with Gasteiger partial charge in [0.15, 0.2) is 31.4 Å². The third-order valence-corrected chi connectivity index (χ3v) is 9.13. The summed E-state index contributed by atoms with van der Waals surface area (Å²) in [6, 6.07) is 7.37. The molecule has 8 heteroatoms. The summed E-state index contributed by atoms with van der Waals surface area (Å²) < 4.78 is 17.3. The highest BCUT2D eigenvalue weighted by atomic mass is 28.4. The summed E-state index contributed by atoms with van der Waals surface area (Å²) in [4.78, 5) is 13.7. The molecule has 1 heterocycles.